The van der Waals surface area contributed by atoms with E-state index in [0.717, 1.165) is 37.7 Å². The molecule has 20 heavy (non-hydrogen) atoms. The third-order valence-electron chi connectivity index (χ3n) is 4.33. The van der Waals surface area contributed by atoms with Crippen LogP contribution in [0.3, 0.4) is 0 Å². The van der Waals surface area contributed by atoms with E-state index in [1.54, 1.807) is 12.1 Å². The highest BCUT2D eigenvalue weighted by Crippen LogP contribution is 2.44. The average molecular weight is 315 g/mol. The van der Waals surface area contributed by atoms with Crippen LogP contribution < -0.4 is 0 Å². The predicted octanol–water partition coefficient (Wildman–Crippen LogP) is 5.38. The minimum Gasteiger partial charge on any atom is -0.481 e. The van der Waals surface area contributed by atoms with Crippen molar-refractivity contribution in [3.8, 4) is 0 Å². The molecule has 3 unspecified atom stereocenters. The molecule has 0 heterocycles. The monoisotopic (exact) mass is 314 g/mol. The minimum atomic E-state index is -0.721. The molecule has 1 fully saturated rings. The summed E-state index contributed by atoms with van der Waals surface area (Å²) in [6, 6.07) is 5.34. The molecule has 0 bridgehead atoms. The van der Waals surface area contributed by atoms with E-state index < -0.39 is 5.97 Å². The van der Waals surface area contributed by atoms with Crippen molar-refractivity contribution in [3.05, 3.63) is 33.8 Å². The van der Waals surface area contributed by atoms with Gasteiger partial charge in [-0.05, 0) is 54.9 Å². The zero-order valence-corrected chi connectivity index (χ0v) is 13.1. The summed E-state index contributed by atoms with van der Waals surface area (Å²) in [5.74, 6) is -0.500. The Kier molecular flexibility index (Phi) is 5.34. The van der Waals surface area contributed by atoms with Crippen molar-refractivity contribution in [2.45, 2.75) is 44.9 Å². The Morgan fingerprint density at radius 3 is 2.75 bits per heavy atom. The molecule has 0 aliphatic heterocycles. The number of rotatable bonds is 4. The molecule has 4 heteroatoms. The highest BCUT2D eigenvalue weighted by atomic mass is 35.5. The van der Waals surface area contributed by atoms with Crippen molar-refractivity contribution in [2.75, 3.05) is 0 Å². The molecule has 0 radical (unpaired) electrons. The molecule has 0 saturated heterocycles. The fourth-order valence-corrected chi connectivity index (χ4v) is 3.80. The van der Waals surface area contributed by atoms with E-state index in [0.29, 0.717) is 16.0 Å². The van der Waals surface area contributed by atoms with E-state index in [1.807, 2.05) is 6.07 Å². The Morgan fingerprint density at radius 1 is 1.35 bits per heavy atom. The summed E-state index contributed by atoms with van der Waals surface area (Å²) in [5.41, 5.74) is 0.896. The Hall–Kier alpha value is -0.730. The summed E-state index contributed by atoms with van der Waals surface area (Å²) in [5, 5.41) is 10.7. The first-order valence-corrected chi connectivity index (χ1v) is 7.96. The van der Waals surface area contributed by atoms with Crippen LogP contribution >= 0.6 is 23.2 Å². The Balaban J connectivity index is 2.31. The lowest BCUT2D eigenvalue weighted by Gasteiger charge is -2.34. The van der Waals surface area contributed by atoms with Gasteiger partial charge in [0.1, 0.15) is 0 Å². The fourth-order valence-electron chi connectivity index (χ4n) is 3.37. The van der Waals surface area contributed by atoms with Gasteiger partial charge in [0.2, 0.25) is 0 Å². The molecule has 1 aromatic rings. The topological polar surface area (TPSA) is 37.3 Å². The van der Waals surface area contributed by atoms with Crippen LogP contribution in [0.15, 0.2) is 18.2 Å². The van der Waals surface area contributed by atoms with Crippen molar-refractivity contribution in [1.29, 1.82) is 0 Å². The van der Waals surface area contributed by atoms with Crippen LogP contribution in [-0.2, 0) is 4.79 Å². The maximum absolute atomic E-state index is 11.5. The molecule has 2 rings (SSSR count). The maximum Gasteiger partial charge on any atom is 0.307 e. The maximum atomic E-state index is 11.5. The van der Waals surface area contributed by atoms with Gasteiger partial charge in [-0.3, -0.25) is 4.79 Å². The number of benzene rings is 1. The second-order valence-corrected chi connectivity index (χ2v) is 6.53. The average Bonchev–Trinajstić information content (AvgIpc) is 2.41. The first kappa shape index (κ1) is 15.7. The second-order valence-electron chi connectivity index (χ2n) is 5.68. The summed E-state index contributed by atoms with van der Waals surface area (Å²) in [6.07, 6.45) is 4.91. The molecule has 1 aliphatic rings. The van der Waals surface area contributed by atoms with Crippen molar-refractivity contribution >= 4 is 29.2 Å². The van der Waals surface area contributed by atoms with Crippen LogP contribution in [0.25, 0.3) is 0 Å². The summed E-state index contributed by atoms with van der Waals surface area (Å²) in [4.78, 5) is 11.5. The van der Waals surface area contributed by atoms with E-state index in [4.69, 9.17) is 23.2 Å². The van der Waals surface area contributed by atoms with Crippen molar-refractivity contribution in [1.82, 2.24) is 0 Å². The van der Waals surface area contributed by atoms with Crippen molar-refractivity contribution in [2.24, 2.45) is 11.8 Å². The van der Waals surface area contributed by atoms with Gasteiger partial charge < -0.3 is 5.11 Å². The molecule has 1 aliphatic carbocycles. The minimum absolute atomic E-state index is 0.0241. The Morgan fingerprint density at radius 2 is 2.10 bits per heavy atom. The van der Waals surface area contributed by atoms with Crippen LogP contribution in [-0.4, -0.2) is 11.1 Å². The highest BCUT2D eigenvalue weighted by Gasteiger charge is 2.36. The number of aliphatic carboxylic acids is 1. The number of hydrogen-bond acceptors (Lipinski definition) is 1. The molecule has 0 amide bonds. The van der Waals surface area contributed by atoms with Crippen LogP contribution in [0.5, 0.6) is 0 Å². The summed E-state index contributed by atoms with van der Waals surface area (Å²) in [6.45, 7) is 2.17. The number of halogens is 2. The van der Waals surface area contributed by atoms with Gasteiger partial charge in [-0.25, -0.2) is 0 Å². The number of hydrogen-bond donors (Lipinski definition) is 1. The third kappa shape index (κ3) is 3.48. The first-order valence-electron chi connectivity index (χ1n) is 7.20. The summed E-state index contributed by atoms with van der Waals surface area (Å²) >= 11 is 12.3. The van der Waals surface area contributed by atoms with E-state index >= 15 is 0 Å². The fraction of sp³-hybridized carbons (Fsp3) is 0.562. The molecule has 0 spiro atoms. The quantitative estimate of drug-likeness (QED) is 0.810. The van der Waals surface area contributed by atoms with Gasteiger partial charge in [-0.15, -0.1) is 0 Å². The van der Waals surface area contributed by atoms with Gasteiger partial charge in [-0.2, -0.15) is 0 Å². The molecule has 2 nitrogen and oxygen atoms in total. The molecule has 110 valence electrons. The lowest BCUT2D eigenvalue weighted by molar-refractivity contribution is -0.143. The van der Waals surface area contributed by atoms with E-state index in [2.05, 4.69) is 6.92 Å². The molecule has 1 saturated carbocycles. The van der Waals surface area contributed by atoms with Crippen LogP contribution in [0.1, 0.15) is 50.5 Å². The number of carboxylic acids is 1. The highest BCUT2D eigenvalue weighted by molar-refractivity contribution is 6.33. The van der Waals surface area contributed by atoms with Gasteiger partial charge in [0.25, 0.3) is 0 Å². The molecule has 0 aromatic heterocycles. The number of carboxylic acid groups (broad SMARTS) is 1. The standard InChI is InChI=1S/C16H20Cl2O2/c1-2-3-10-4-6-12(16(19)20)13(8-10)14-9-11(17)5-7-15(14)18/h5,7,9-10,12-13H,2-4,6,8H2,1H3,(H,19,20). The first-order chi connectivity index (χ1) is 9.52. The van der Waals surface area contributed by atoms with Gasteiger partial charge in [0, 0.05) is 10.0 Å². The smallest absolute Gasteiger partial charge is 0.307 e. The van der Waals surface area contributed by atoms with Gasteiger partial charge >= 0.3 is 5.97 Å². The van der Waals surface area contributed by atoms with Gasteiger partial charge in [0.05, 0.1) is 5.92 Å². The normalized spacial score (nSPS) is 26.4. The van der Waals surface area contributed by atoms with Gasteiger partial charge in [-0.1, -0.05) is 43.0 Å². The third-order valence-corrected chi connectivity index (χ3v) is 4.91. The zero-order valence-electron chi connectivity index (χ0n) is 11.6. The van der Waals surface area contributed by atoms with Crippen molar-refractivity contribution < 1.29 is 9.90 Å². The van der Waals surface area contributed by atoms with Gasteiger partial charge in [0.15, 0.2) is 0 Å². The molecule has 3 atom stereocenters. The predicted molar refractivity (Wildman–Crippen MR) is 82.6 cm³/mol. The molecule has 1 aromatic carbocycles. The zero-order chi connectivity index (χ0) is 14.7. The molecular weight excluding hydrogens is 295 g/mol. The Bertz CT molecular complexity index is 487. The van der Waals surface area contributed by atoms with Crippen molar-refractivity contribution in [3.63, 3.8) is 0 Å². The summed E-state index contributed by atoms with van der Waals surface area (Å²) in [7, 11) is 0. The SMILES string of the molecule is CCCC1CCC(C(=O)O)C(c2cc(Cl)ccc2Cl)C1. The van der Waals surface area contributed by atoms with E-state index in [9.17, 15) is 9.90 Å². The van der Waals surface area contributed by atoms with E-state index in [1.165, 1.54) is 0 Å². The van der Waals surface area contributed by atoms with Crippen LogP contribution in [0.2, 0.25) is 10.0 Å². The van der Waals surface area contributed by atoms with Crippen LogP contribution in [0, 0.1) is 11.8 Å². The van der Waals surface area contributed by atoms with Crippen LogP contribution in [0.4, 0.5) is 0 Å². The number of carbonyl (C=O) groups is 1. The van der Waals surface area contributed by atoms with E-state index in [-0.39, 0.29) is 11.8 Å². The Labute approximate surface area is 130 Å². The summed E-state index contributed by atoms with van der Waals surface area (Å²) < 4.78 is 0. The second kappa shape index (κ2) is 6.82. The lowest BCUT2D eigenvalue weighted by atomic mass is 9.70. The lowest BCUT2D eigenvalue weighted by Crippen LogP contribution is -2.29. The molecule has 1 N–H and O–H groups in total. The molecular formula is C16H20Cl2O2. The largest absolute Gasteiger partial charge is 0.481 e.